The Morgan fingerprint density at radius 3 is 2.62 bits per heavy atom. The van der Waals surface area contributed by atoms with Crippen molar-refractivity contribution < 1.29 is 15.0 Å². The highest BCUT2D eigenvalue weighted by Gasteiger charge is 2.27. The fourth-order valence-corrected chi connectivity index (χ4v) is 4.10. The number of thiazole rings is 1. The van der Waals surface area contributed by atoms with Crippen LogP contribution in [0.4, 0.5) is 10.8 Å². The number of hydrogen-bond acceptors (Lipinski definition) is 5. The zero-order chi connectivity index (χ0) is 18.3. The van der Waals surface area contributed by atoms with Crippen LogP contribution in [0.3, 0.4) is 0 Å². The highest BCUT2D eigenvalue weighted by molar-refractivity contribution is 7.17. The Morgan fingerprint density at radius 2 is 2.00 bits per heavy atom. The van der Waals surface area contributed by atoms with Gasteiger partial charge in [0, 0.05) is 5.39 Å². The second-order valence-corrected chi connectivity index (χ2v) is 7.77. The van der Waals surface area contributed by atoms with Gasteiger partial charge in [-0.25, -0.2) is 9.78 Å². The van der Waals surface area contributed by atoms with Crippen LogP contribution in [-0.2, 0) is 0 Å². The number of benzene rings is 2. The van der Waals surface area contributed by atoms with Crippen LogP contribution in [0.2, 0.25) is 0 Å². The quantitative estimate of drug-likeness (QED) is 0.675. The summed E-state index contributed by atoms with van der Waals surface area (Å²) >= 11 is 1.12. The first-order valence-corrected chi connectivity index (χ1v) is 9.52. The molecule has 2 N–H and O–H groups in total. The topological polar surface area (TPSA) is 73.7 Å². The molecule has 1 atom stereocenters. The maximum Gasteiger partial charge on any atom is 0.347 e. The molecule has 26 heavy (non-hydrogen) atoms. The normalized spacial score (nSPS) is 15.2. The van der Waals surface area contributed by atoms with E-state index in [0.29, 0.717) is 17.6 Å². The molecule has 0 bridgehead atoms. The van der Waals surface area contributed by atoms with Crippen LogP contribution in [0.1, 0.15) is 40.9 Å². The smallest absolute Gasteiger partial charge is 0.347 e. The van der Waals surface area contributed by atoms with E-state index >= 15 is 0 Å². The molecular weight excluding hydrogens is 348 g/mol. The number of hydrogen-bond donors (Lipinski definition) is 2. The van der Waals surface area contributed by atoms with Crippen molar-refractivity contribution in [3.63, 3.8) is 0 Å². The molecule has 6 heteroatoms. The number of aromatic nitrogens is 1. The molecule has 1 aromatic heterocycles. The molecule has 3 aromatic rings. The van der Waals surface area contributed by atoms with Gasteiger partial charge in [-0.2, -0.15) is 0 Å². The summed E-state index contributed by atoms with van der Waals surface area (Å²) in [5.41, 5.74) is 2.31. The summed E-state index contributed by atoms with van der Waals surface area (Å²) in [5, 5.41) is 22.1. The lowest BCUT2D eigenvalue weighted by molar-refractivity contribution is 0.0702. The molecule has 4 rings (SSSR count). The fourth-order valence-electron chi connectivity index (χ4n) is 3.32. The second kappa shape index (κ2) is 6.70. The number of aliphatic hydroxyl groups is 1. The van der Waals surface area contributed by atoms with Gasteiger partial charge in [-0.15, -0.1) is 0 Å². The number of aliphatic hydroxyl groups excluding tert-OH is 1. The molecule has 0 saturated heterocycles. The Hall–Kier alpha value is -2.44. The van der Waals surface area contributed by atoms with E-state index in [0.717, 1.165) is 22.4 Å². The first-order chi connectivity index (χ1) is 12.5. The van der Waals surface area contributed by atoms with Crippen LogP contribution >= 0.6 is 11.3 Å². The molecule has 0 spiro atoms. The van der Waals surface area contributed by atoms with Crippen molar-refractivity contribution in [1.82, 2.24) is 4.98 Å². The van der Waals surface area contributed by atoms with Crippen molar-refractivity contribution >= 4 is 38.9 Å². The average molecular weight is 368 g/mol. The van der Waals surface area contributed by atoms with E-state index in [1.807, 2.05) is 17.0 Å². The SMILES string of the molecule is CC(O)CN(c1ncc(C(=O)O)s1)c1ccc(C2CC2)c2ccccc12. The van der Waals surface area contributed by atoms with E-state index in [1.165, 1.54) is 30.0 Å². The minimum atomic E-state index is -0.986. The molecule has 2 aromatic carbocycles. The van der Waals surface area contributed by atoms with Crippen LogP contribution in [0.5, 0.6) is 0 Å². The van der Waals surface area contributed by atoms with Crippen LogP contribution in [-0.4, -0.2) is 33.8 Å². The number of nitrogens with zero attached hydrogens (tertiary/aromatic N) is 2. The average Bonchev–Trinajstić information content (AvgIpc) is 3.34. The third-order valence-electron chi connectivity index (χ3n) is 4.62. The highest BCUT2D eigenvalue weighted by atomic mass is 32.1. The largest absolute Gasteiger partial charge is 0.477 e. The van der Waals surface area contributed by atoms with Crippen molar-refractivity contribution in [2.75, 3.05) is 11.4 Å². The van der Waals surface area contributed by atoms with Gasteiger partial charge in [-0.05, 0) is 42.7 Å². The summed E-state index contributed by atoms with van der Waals surface area (Å²) in [4.78, 5) is 17.6. The van der Waals surface area contributed by atoms with Gasteiger partial charge in [0.05, 0.1) is 24.5 Å². The maximum atomic E-state index is 11.2. The Bertz CT molecular complexity index is 963. The van der Waals surface area contributed by atoms with Crippen molar-refractivity contribution in [2.24, 2.45) is 0 Å². The molecule has 0 amide bonds. The third kappa shape index (κ3) is 3.18. The van der Waals surface area contributed by atoms with Crippen molar-refractivity contribution in [2.45, 2.75) is 31.8 Å². The number of anilines is 2. The van der Waals surface area contributed by atoms with E-state index in [2.05, 4.69) is 29.2 Å². The summed E-state index contributed by atoms with van der Waals surface area (Å²) in [6, 6.07) is 12.5. The molecule has 0 radical (unpaired) electrons. The number of rotatable bonds is 6. The molecule has 1 unspecified atom stereocenters. The Morgan fingerprint density at radius 1 is 1.27 bits per heavy atom. The predicted octanol–water partition coefficient (Wildman–Crippen LogP) is 4.39. The third-order valence-corrected chi connectivity index (χ3v) is 5.63. The van der Waals surface area contributed by atoms with Gasteiger partial charge >= 0.3 is 5.97 Å². The number of carboxylic acid groups (broad SMARTS) is 1. The summed E-state index contributed by atoms with van der Waals surface area (Å²) in [5.74, 6) is -0.350. The molecular formula is C20H20N2O3S. The highest BCUT2D eigenvalue weighted by Crippen LogP contribution is 2.45. The van der Waals surface area contributed by atoms with E-state index < -0.39 is 12.1 Å². The van der Waals surface area contributed by atoms with Gasteiger partial charge in [-0.3, -0.25) is 0 Å². The molecule has 1 heterocycles. The van der Waals surface area contributed by atoms with Crippen LogP contribution < -0.4 is 4.90 Å². The lowest BCUT2D eigenvalue weighted by atomic mass is 9.99. The summed E-state index contributed by atoms with van der Waals surface area (Å²) in [6.07, 6.45) is 3.26. The monoisotopic (exact) mass is 368 g/mol. The van der Waals surface area contributed by atoms with Gasteiger partial charge in [0.25, 0.3) is 0 Å². The van der Waals surface area contributed by atoms with Gasteiger partial charge in [0.15, 0.2) is 5.13 Å². The van der Waals surface area contributed by atoms with Gasteiger partial charge < -0.3 is 15.1 Å². The lowest BCUT2D eigenvalue weighted by Gasteiger charge is -2.25. The van der Waals surface area contributed by atoms with Crippen LogP contribution in [0.25, 0.3) is 10.8 Å². The first kappa shape index (κ1) is 17.0. The molecule has 1 saturated carbocycles. The van der Waals surface area contributed by atoms with Crippen LogP contribution in [0, 0.1) is 0 Å². The maximum absolute atomic E-state index is 11.2. The van der Waals surface area contributed by atoms with E-state index in [-0.39, 0.29) is 4.88 Å². The first-order valence-electron chi connectivity index (χ1n) is 8.71. The predicted molar refractivity (Wildman–Crippen MR) is 104 cm³/mol. The molecule has 134 valence electrons. The van der Waals surface area contributed by atoms with Crippen molar-refractivity contribution in [1.29, 1.82) is 0 Å². The number of carboxylic acids is 1. The summed E-state index contributed by atoms with van der Waals surface area (Å²) < 4.78 is 0. The molecule has 1 fully saturated rings. The fraction of sp³-hybridized carbons (Fsp3) is 0.300. The summed E-state index contributed by atoms with van der Waals surface area (Å²) in [7, 11) is 0. The number of fused-ring (bicyclic) bond motifs is 1. The Labute approximate surface area is 155 Å². The molecule has 1 aliphatic rings. The van der Waals surface area contributed by atoms with E-state index in [9.17, 15) is 15.0 Å². The van der Waals surface area contributed by atoms with Gasteiger partial charge in [-0.1, -0.05) is 41.7 Å². The van der Waals surface area contributed by atoms with Crippen LogP contribution in [0.15, 0.2) is 42.6 Å². The van der Waals surface area contributed by atoms with E-state index in [4.69, 9.17) is 0 Å². The minimum Gasteiger partial charge on any atom is -0.477 e. The Balaban J connectivity index is 1.85. The second-order valence-electron chi connectivity index (χ2n) is 6.77. The zero-order valence-corrected chi connectivity index (χ0v) is 15.2. The van der Waals surface area contributed by atoms with Crippen molar-refractivity contribution in [3.8, 4) is 0 Å². The standard InChI is InChI=1S/C20H20N2O3S/c1-12(23)11-22(20-21-10-18(26-20)19(24)25)17-9-8-14(13-6-7-13)15-4-2-3-5-16(15)17/h2-5,8-10,12-13,23H,6-7,11H2,1H3,(H,24,25). The molecule has 1 aliphatic carbocycles. The van der Waals surface area contributed by atoms with Crippen molar-refractivity contribution in [3.05, 3.63) is 53.0 Å². The van der Waals surface area contributed by atoms with E-state index in [1.54, 1.807) is 6.92 Å². The lowest BCUT2D eigenvalue weighted by Crippen LogP contribution is -2.26. The van der Waals surface area contributed by atoms with Gasteiger partial charge in [0.1, 0.15) is 4.88 Å². The molecule has 5 nitrogen and oxygen atoms in total. The minimum absolute atomic E-state index is 0.189. The van der Waals surface area contributed by atoms with Gasteiger partial charge in [0.2, 0.25) is 0 Å². The number of carbonyl (C=O) groups is 1. The molecule has 0 aliphatic heterocycles. The zero-order valence-electron chi connectivity index (χ0n) is 14.4. The Kier molecular flexibility index (Phi) is 4.38. The summed E-state index contributed by atoms with van der Waals surface area (Å²) in [6.45, 7) is 2.07. The number of aromatic carboxylic acids is 1.